The Kier molecular flexibility index (Phi) is 4.60. The Balaban J connectivity index is 1.94. The molecular weight excluding hydrogens is 264 g/mol. The first-order valence-electron chi connectivity index (χ1n) is 5.86. The fraction of sp³-hybridized carbons (Fsp3) is 0.214. The Labute approximate surface area is 117 Å². The van der Waals surface area contributed by atoms with Crippen molar-refractivity contribution in [3.8, 4) is 11.6 Å². The summed E-state index contributed by atoms with van der Waals surface area (Å²) >= 11 is 5.89. The number of hydrogen-bond acceptors (Lipinski definition) is 4. The van der Waals surface area contributed by atoms with Crippen LogP contribution in [0, 0.1) is 0 Å². The van der Waals surface area contributed by atoms with Crippen LogP contribution in [0.25, 0.3) is 0 Å². The quantitative estimate of drug-likeness (QED) is 0.883. The molecule has 0 aliphatic heterocycles. The van der Waals surface area contributed by atoms with E-state index in [1.165, 1.54) is 0 Å². The van der Waals surface area contributed by atoms with Crippen molar-refractivity contribution < 1.29 is 9.84 Å². The summed E-state index contributed by atoms with van der Waals surface area (Å²) in [6, 6.07) is 8.78. The summed E-state index contributed by atoms with van der Waals surface area (Å²) in [5.74, 6) is 0.828. The first-order valence-corrected chi connectivity index (χ1v) is 6.24. The normalized spacial score (nSPS) is 10.4. The van der Waals surface area contributed by atoms with E-state index in [-0.39, 0.29) is 5.75 Å². The van der Waals surface area contributed by atoms with Crippen LogP contribution >= 0.6 is 11.6 Å². The molecule has 0 saturated carbocycles. The zero-order valence-corrected chi connectivity index (χ0v) is 11.3. The number of phenolic OH excluding ortho intramolecular Hbond substituents is 1. The maximum atomic E-state index is 9.69. The molecule has 1 aromatic carbocycles. The number of rotatable bonds is 5. The molecule has 5 heteroatoms. The molecule has 1 heterocycles. The van der Waals surface area contributed by atoms with Crippen molar-refractivity contribution in [2.75, 3.05) is 7.11 Å². The highest BCUT2D eigenvalue weighted by atomic mass is 35.5. The predicted octanol–water partition coefficient (Wildman–Crippen LogP) is 2.74. The first kappa shape index (κ1) is 13.6. The minimum absolute atomic E-state index is 0.240. The lowest BCUT2D eigenvalue weighted by atomic mass is 10.2. The number of aromatic nitrogens is 1. The van der Waals surface area contributed by atoms with Gasteiger partial charge in [-0.1, -0.05) is 11.6 Å². The molecule has 0 saturated heterocycles. The molecule has 0 fully saturated rings. The zero-order valence-electron chi connectivity index (χ0n) is 10.6. The Bertz CT molecular complexity index is 561. The van der Waals surface area contributed by atoms with Gasteiger partial charge in [-0.25, -0.2) is 4.98 Å². The first-order chi connectivity index (χ1) is 9.19. The molecular formula is C14H15ClN2O2. The summed E-state index contributed by atoms with van der Waals surface area (Å²) in [4.78, 5) is 4.04. The SMILES string of the molecule is COc1cc(CNCc2cc(Cl)ccc2O)ccn1. The summed E-state index contributed by atoms with van der Waals surface area (Å²) in [7, 11) is 1.59. The molecule has 2 N–H and O–H groups in total. The molecule has 0 aliphatic rings. The van der Waals surface area contributed by atoms with Crippen LogP contribution < -0.4 is 10.1 Å². The number of benzene rings is 1. The van der Waals surface area contributed by atoms with Crippen LogP contribution in [0.15, 0.2) is 36.5 Å². The number of nitrogens with one attached hydrogen (secondary N) is 1. The monoisotopic (exact) mass is 278 g/mol. The molecule has 0 bridgehead atoms. The van der Waals surface area contributed by atoms with Gasteiger partial charge in [0.15, 0.2) is 0 Å². The molecule has 0 aliphatic carbocycles. The summed E-state index contributed by atoms with van der Waals surface area (Å²) in [5, 5.41) is 13.5. The van der Waals surface area contributed by atoms with Gasteiger partial charge < -0.3 is 15.2 Å². The van der Waals surface area contributed by atoms with Crippen LogP contribution in [0.2, 0.25) is 5.02 Å². The van der Waals surface area contributed by atoms with Crippen LogP contribution in [0.3, 0.4) is 0 Å². The van der Waals surface area contributed by atoms with E-state index in [0.717, 1.165) is 11.1 Å². The van der Waals surface area contributed by atoms with E-state index in [9.17, 15) is 5.11 Å². The minimum atomic E-state index is 0.240. The van der Waals surface area contributed by atoms with Crippen molar-refractivity contribution in [2.45, 2.75) is 13.1 Å². The molecule has 0 amide bonds. The largest absolute Gasteiger partial charge is 0.508 e. The van der Waals surface area contributed by atoms with Crippen LogP contribution in [0.4, 0.5) is 0 Å². The van der Waals surface area contributed by atoms with E-state index in [1.54, 1.807) is 31.5 Å². The Hall–Kier alpha value is -1.78. The van der Waals surface area contributed by atoms with Crippen molar-refractivity contribution >= 4 is 11.6 Å². The van der Waals surface area contributed by atoms with Gasteiger partial charge in [-0.15, -0.1) is 0 Å². The van der Waals surface area contributed by atoms with Crippen LogP contribution in [0.1, 0.15) is 11.1 Å². The lowest BCUT2D eigenvalue weighted by Gasteiger charge is -2.08. The Morgan fingerprint density at radius 1 is 1.26 bits per heavy atom. The maximum absolute atomic E-state index is 9.69. The summed E-state index contributed by atoms with van der Waals surface area (Å²) in [6.07, 6.45) is 1.70. The molecule has 1 aromatic heterocycles. The molecule has 0 atom stereocenters. The van der Waals surface area contributed by atoms with Crippen molar-refractivity contribution in [2.24, 2.45) is 0 Å². The topological polar surface area (TPSA) is 54.4 Å². The minimum Gasteiger partial charge on any atom is -0.508 e. The fourth-order valence-electron chi connectivity index (χ4n) is 1.71. The van der Waals surface area contributed by atoms with E-state index in [0.29, 0.717) is 24.0 Å². The molecule has 4 nitrogen and oxygen atoms in total. The van der Waals surface area contributed by atoms with E-state index in [4.69, 9.17) is 16.3 Å². The third-order valence-electron chi connectivity index (χ3n) is 2.69. The number of phenols is 1. The van der Waals surface area contributed by atoms with Gasteiger partial charge in [-0.05, 0) is 29.8 Å². The van der Waals surface area contributed by atoms with Gasteiger partial charge in [-0.2, -0.15) is 0 Å². The second-order valence-electron chi connectivity index (χ2n) is 4.08. The van der Waals surface area contributed by atoms with Crippen molar-refractivity contribution in [1.82, 2.24) is 10.3 Å². The van der Waals surface area contributed by atoms with Crippen LogP contribution in [-0.2, 0) is 13.1 Å². The van der Waals surface area contributed by atoms with Crippen LogP contribution in [-0.4, -0.2) is 17.2 Å². The second kappa shape index (κ2) is 6.41. The van der Waals surface area contributed by atoms with Crippen LogP contribution in [0.5, 0.6) is 11.6 Å². The number of pyridine rings is 1. The van der Waals surface area contributed by atoms with Crippen molar-refractivity contribution in [3.05, 3.63) is 52.7 Å². The summed E-state index contributed by atoms with van der Waals surface area (Å²) < 4.78 is 5.06. The average molecular weight is 279 g/mol. The Morgan fingerprint density at radius 2 is 2.11 bits per heavy atom. The Morgan fingerprint density at radius 3 is 2.89 bits per heavy atom. The molecule has 19 heavy (non-hydrogen) atoms. The highest BCUT2D eigenvalue weighted by molar-refractivity contribution is 6.30. The standard InChI is InChI=1S/C14H15ClN2O2/c1-19-14-6-10(4-5-17-14)8-16-9-11-7-12(15)2-3-13(11)18/h2-7,16,18H,8-9H2,1H3. The third kappa shape index (κ3) is 3.84. The van der Waals surface area contributed by atoms with Gasteiger partial charge in [0.25, 0.3) is 0 Å². The van der Waals surface area contributed by atoms with E-state index < -0.39 is 0 Å². The highest BCUT2D eigenvalue weighted by Crippen LogP contribution is 2.21. The highest BCUT2D eigenvalue weighted by Gasteiger charge is 2.02. The molecule has 2 aromatic rings. The van der Waals surface area contributed by atoms with Gasteiger partial charge >= 0.3 is 0 Å². The van der Waals surface area contributed by atoms with Gasteiger partial charge in [0.1, 0.15) is 5.75 Å². The third-order valence-corrected chi connectivity index (χ3v) is 2.93. The molecule has 2 rings (SSSR count). The van der Waals surface area contributed by atoms with Gasteiger partial charge in [0.05, 0.1) is 7.11 Å². The van der Waals surface area contributed by atoms with E-state index in [2.05, 4.69) is 10.3 Å². The molecule has 0 radical (unpaired) electrons. The zero-order chi connectivity index (χ0) is 13.7. The number of halogens is 1. The lowest BCUT2D eigenvalue weighted by Crippen LogP contribution is -2.13. The predicted molar refractivity (Wildman–Crippen MR) is 74.4 cm³/mol. The fourth-order valence-corrected chi connectivity index (χ4v) is 1.90. The number of nitrogens with zero attached hydrogens (tertiary/aromatic N) is 1. The number of methoxy groups -OCH3 is 1. The maximum Gasteiger partial charge on any atom is 0.213 e. The van der Waals surface area contributed by atoms with Crippen molar-refractivity contribution in [3.63, 3.8) is 0 Å². The van der Waals surface area contributed by atoms with Crippen molar-refractivity contribution in [1.29, 1.82) is 0 Å². The van der Waals surface area contributed by atoms with E-state index in [1.807, 2.05) is 12.1 Å². The number of hydrogen-bond donors (Lipinski definition) is 2. The number of ether oxygens (including phenoxy) is 1. The lowest BCUT2D eigenvalue weighted by molar-refractivity contribution is 0.397. The molecule has 0 spiro atoms. The number of aromatic hydroxyl groups is 1. The van der Waals surface area contributed by atoms with Gasteiger partial charge in [-0.3, -0.25) is 0 Å². The second-order valence-corrected chi connectivity index (χ2v) is 4.52. The average Bonchev–Trinajstić information content (AvgIpc) is 2.43. The van der Waals surface area contributed by atoms with E-state index >= 15 is 0 Å². The molecule has 100 valence electrons. The summed E-state index contributed by atoms with van der Waals surface area (Å²) in [6.45, 7) is 1.20. The smallest absolute Gasteiger partial charge is 0.213 e. The van der Waals surface area contributed by atoms with Gasteiger partial charge in [0.2, 0.25) is 5.88 Å². The molecule has 0 unspecified atom stereocenters. The summed E-state index contributed by atoms with van der Waals surface area (Å²) in [5.41, 5.74) is 1.84. The van der Waals surface area contributed by atoms with Gasteiger partial charge in [0, 0.05) is 35.9 Å².